The summed E-state index contributed by atoms with van der Waals surface area (Å²) in [5.74, 6) is 0.0378. The third kappa shape index (κ3) is 6.38. The number of aromatic nitrogens is 1. The molecule has 3 heterocycles. The first-order valence-electron chi connectivity index (χ1n) is 12.9. The number of ether oxygens (including phenoxy) is 1. The first-order valence-corrected chi connectivity index (χ1v) is 14.5. The molecule has 1 aromatic heterocycles. The monoisotopic (exact) mass is 553 g/mol. The number of pyridine rings is 1. The highest BCUT2D eigenvalue weighted by atomic mass is 32.2. The van der Waals surface area contributed by atoms with Crippen LogP contribution in [0, 0.1) is 11.8 Å². The maximum atomic E-state index is 13.0. The van der Waals surface area contributed by atoms with Crippen LogP contribution in [0.1, 0.15) is 66.8 Å². The number of carbonyl (C=O) groups is 1. The quantitative estimate of drug-likeness (QED) is 0.511. The molecule has 1 aromatic carbocycles. The van der Waals surface area contributed by atoms with Gasteiger partial charge in [0.05, 0.1) is 29.5 Å². The maximum Gasteiger partial charge on any atom is 0.414 e. The molecule has 2 aromatic rings. The van der Waals surface area contributed by atoms with Crippen molar-refractivity contribution in [3.8, 4) is 0 Å². The minimum absolute atomic E-state index is 0.00879. The van der Waals surface area contributed by atoms with Gasteiger partial charge in [-0.25, -0.2) is 8.42 Å². The van der Waals surface area contributed by atoms with Crippen LogP contribution in [0.3, 0.4) is 0 Å². The topological polar surface area (TPSA) is 88.6 Å². The number of sulfone groups is 1. The van der Waals surface area contributed by atoms with Crippen molar-refractivity contribution < 1.29 is 31.1 Å². The summed E-state index contributed by atoms with van der Waals surface area (Å²) in [4.78, 5) is 19.5. The molecule has 0 saturated carbocycles. The number of rotatable bonds is 8. The standard InChI is InChI=1S/C27H34F3N3O4S/c1-4-38(35,36)22-8-7-21(31-13-22)12-32-26(34)19-6-9-23-20(11-19)15-33(25(23)17(2)3)14-18-5-10-24(37-16-18)27(28,29)30/h6-9,11,13,17-18,24-25H,4-5,10,12,14-16H2,1-3H3,(H,32,34). The third-order valence-electron chi connectivity index (χ3n) is 7.32. The smallest absolute Gasteiger partial charge is 0.368 e. The average molecular weight is 554 g/mol. The number of hydrogen-bond acceptors (Lipinski definition) is 6. The van der Waals surface area contributed by atoms with E-state index in [1.807, 2.05) is 12.1 Å². The van der Waals surface area contributed by atoms with Crippen molar-refractivity contribution in [2.24, 2.45) is 11.8 Å². The van der Waals surface area contributed by atoms with Crippen molar-refractivity contribution in [2.75, 3.05) is 18.9 Å². The maximum absolute atomic E-state index is 13.0. The highest BCUT2D eigenvalue weighted by Crippen LogP contribution is 2.41. The highest BCUT2D eigenvalue weighted by Gasteiger charge is 2.43. The predicted molar refractivity (Wildman–Crippen MR) is 136 cm³/mol. The Bertz CT molecular complexity index is 1240. The summed E-state index contributed by atoms with van der Waals surface area (Å²) in [7, 11) is -3.33. The lowest BCUT2D eigenvalue weighted by atomic mass is 9.93. The molecule has 0 bridgehead atoms. The predicted octanol–water partition coefficient (Wildman–Crippen LogP) is 4.68. The molecule has 1 saturated heterocycles. The molecule has 0 aliphatic carbocycles. The summed E-state index contributed by atoms with van der Waals surface area (Å²) in [6.07, 6.45) is -4.24. The van der Waals surface area contributed by atoms with E-state index >= 15 is 0 Å². The molecule has 4 rings (SSSR count). The summed E-state index contributed by atoms with van der Waals surface area (Å²) < 4.78 is 67.9. The summed E-state index contributed by atoms with van der Waals surface area (Å²) >= 11 is 0. The van der Waals surface area contributed by atoms with Crippen LogP contribution in [0.15, 0.2) is 41.4 Å². The van der Waals surface area contributed by atoms with Crippen LogP contribution in [-0.2, 0) is 27.7 Å². The molecular formula is C27H34F3N3O4S. The van der Waals surface area contributed by atoms with E-state index in [0.717, 1.165) is 11.1 Å². The zero-order valence-corrected chi connectivity index (χ0v) is 22.6. The molecule has 1 amide bonds. The van der Waals surface area contributed by atoms with Gasteiger partial charge in [-0.15, -0.1) is 0 Å². The summed E-state index contributed by atoms with van der Waals surface area (Å²) in [5, 5.41) is 2.83. The Kier molecular flexibility index (Phi) is 8.49. The number of nitrogens with zero attached hydrogens (tertiary/aromatic N) is 2. The van der Waals surface area contributed by atoms with E-state index in [1.165, 1.54) is 12.3 Å². The first kappa shape index (κ1) is 28.5. The van der Waals surface area contributed by atoms with Gasteiger partial charge in [-0.1, -0.05) is 26.8 Å². The Labute approximate surface area is 221 Å². The lowest BCUT2D eigenvalue weighted by Gasteiger charge is -2.35. The van der Waals surface area contributed by atoms with Gasteiger partial charge in [0.1, 0.15) is 0 Å². The molecule has 7 nitrogen and oxygen atoms in total. The fourth-order valence-electron chi connectivity index (χ4n) is 5.32. The number of amides is 1. The van der Waals surface area contributed by atoms with Crippen LogP contribution in [0.25, 0.3) is 0 Å². The van der Waals surface area contributed by atoms with Gasteiger partial charge in [0.2, 0.25) is 0 Å². The second kappa shape index (κ2) is 11.3. The van der Waals surface area contributed by atoms with Gasteiger partial charge in [-0.3, -0.25) is 14.7 Å². The number of fused-ring (bicyclic) bond motifs is 1. The Morgan fingerprint density at radius 3 is 2.55 bits per heavy atom. The Balaban J connectivity index is 1.38. The van der Waals surface area contributed by atoms with Gasteiger partial charge in [0.25, 0.3) is 5.91 Å². The zero-order valence-electron chi connectivity index (χ0n) is 21.8. The molecule has 11 heteroatoms. The number of halogens is 3. The fraction of sp³-hybridized carbons (Fsp3) is 0.556. The highest BCUT2D eigenvalue weighted by molar-refractivity contribution is 7.91. The molecule has 208 valence electrons. The summed E-state index contributed by atoms with van der Waals surface area (Å²) in [5.41, 5.74) is 3.22. The van der Waals surface area contributed by atoms with Crippen LogP contribution in [0.5, 0.6) is 0 Å². The van der Waals surface area contributed by atoms with Crippen LogP contribution in [0.2, 0.25) is 0 Å². The lowest BCUT2D eigenvalue weighted by Crippen LogP contribution is -2.41. The molecule has 3 atom stereocenters. The van der Waals surface area contributed by atoms with E-state index in [1.54, 1.807) is 19.1 Å². The van der Waals surface area contributed by atoms with E-state index in [0.29, 0.717) is 30.8 Å². The molecule has 2 aliphatic heterocycles. The van der Waals surface area contributed by atoms with Crippen molar-refractivity contribution in [3.63, 3.8) is 0 Å². The van der Waals surface area contributed by atoms with E-state index in [9.17, 15) is 26.4 Å². The molecule has 3 unspecified atom stereocenters. The molecular weight excluding hydrogens is 519 g/mol. The Morgan fingerprint density at radius 2 is 1.97 bits per heavy atom. The number of carbonyl (C=O) groups excluding carboxylic acids is 1. The van der Waals surface area contributed by atoms with Crippen molar-refractivity contribution >= 4 is 15.7 Å². The first-order chi connectivity index (χ1) is 17.9. The molecule has 2 aliphatic rings. The van der Waals surface area contributed by atoms with Gasteiger partial charge >= 0.3 is 6.18 Å². The van der Waals surface area contributed by atoms with Gasteiger partial charge in [0, 0.05) is 30.9 Å². The summed E-state index contributed by atoms with van der Waals surface area (Å²) in [6, 6.07) is 8.82. The molecule has 0 radical (unpaired) electrons. The van der Waals surface area contributed by atoms with E-state index < -0.39 is 22.1 Å². The number of hydrogen-bond donors (Lipinski definition) is 1. The van der Waals surface area contributed by atoms with Crippen molar-refractivity contribution in [2.45, 2.75) is 69.9 Å². The normalized spacial score (nSPS) is 22.4. The van der Waals surface area contributed by atoms with Gasteiger partial charge < -0.3 is 10.1 Å². The van der Waals surface area contributed by atoms with Crippen LogP contribution in [-0.4, -0.2) is 55.4 Å². The van der Waals surface area contributed by atoms with Gasteiger partial charge in [-0.05, 0) is 60.1 Å². The molecule has 38 heavy (non-hydrogen) atoms. The lowest BCUT2D eigenvalue weighted by molar-refractivity contribution is -0.236. The van der Waals surface area contributed by atoms with Crippen molar-refractivity contribution in [1.82, 2.24) is 15.2 Å². The van der Waals surface area contributed by atoms with Crippen LogP contribution >= 0.6 is 0 Å². The number of benzene rings is 1. The fourth-order valence-corrected chi connectivity index (χ4v) is 6.15. The second-order valence-corrected chi connectivity index (χ2v) is 12.7. The number of alkyl halides is 3. The van der Waals surface area contributed by atoms with E-state index in [2.05, 4.69) is 29.0 Å². The number of nitrogens with one attached hydrogen (secondary N) is 1. The van der Waals surface area contributed by atoms with Gasteiger partial charge in [-0.2, -0.15) is 13.2 Å². The molecule has 0 spiro atoms. The summed E-state index contributed by atoms with van der Waals surface area (Å²) in [6.45, 7) is 7.31. The van der Waals surface area contributed by atoms with Crippen molar-refractivity contribution in [1.29, 1.82) is 0 Å². The largest absolute Gasteiger partial charge is 0.414 e. The van der Waals surface area contributed by atoms with Crippen molar-refractivity contribution in [3.05, 3.63) is 58.9 Å². The van der Waals surface area contributed by atoms with E-state index in [4.69, 9.17) is 4.74 Å². The Morgan fingerprint density at radius 1 is 1.21 bits per heavy atom. The minimum atomic E-state index is -4.32. The van der Waals surface area contributed by atoms with Crippen LogP contribution < -0.4 is 5.32 Å². The minimum Gasteiger partial charge on any atom is -0.368 e. The van der Waals surface area contributed by atoms with Crippen LogP contribution in [0.4, 0.5) is 13.2 Å². The van der Waals surface area contributed by atoms with E-state index in [-0.39, 0.29) is 54.0 Å². The molecule has 1 fully saturated rings. The zero-order chi connectivity index (χ0) is 27.7. The molecule has 1 N–H and O–H groups in total. The third-order valence-corrected chi connectivity index (χ3v) is 9.04. The second-order valence-electron chi connectivity index (χ2n) is 10.4. The Hall–Kier alpha value is -2.50. The SMILES string of the molecule is CCS(=O)(=O)c1ccc(CNC(=O)c2ccc3c(c2)CN(CC2CCC(C(F)(F)F)OC2)C3C(C)C)nc1. The van der Waals surface area contributed by atoms with Gasteiger partial charge in [0.15, 0.2) is 15.9 Å². The average Bonchev–Trinajstić information content (AvgIpc) is 3.24.